The maximum Gasteiger partial charge on any atom is 0.0136 e. The molecular formula is C20H43NS. The molecule has 1 atom stereocenters. The molecule has 0 saturated heterocycles. The van der Waals surface area contributed by atoms with Crippen LogP contribution in [0.5, 0.6) is 0 Å². The summed E-state index contributed by atoms with van der Waals surface area (Å²) in [5.74, 6) is 0.823. The molecule has 0 aliphatic rings. The second-order valence-electron chi connectivity index (χ2n) is 7.84. The molecule has 22 heavy (non-hydrogen) atoms. The number of unbranched alkanes of at least 4 members (excludes halogenated alkanes) is 6. The third kappa shape index (κ3) is 11.8. The van der Waals surface area contributed by atoms with Crippen molar-refractivity contribution in [2.24, 2.45) is 11.3 Å². The summed E-state index contributed by atoms with van der Waals surface area (Å²) in [5.41, 5.74) is 0.577. The Bertz CT molecular complexity index is 240. The molecule has 1 nitrogen and oxygen atoms in total. The molecule has 1 N–H and O–H groups in total. The van der Waals surface area contributed by atoms with Crippen LogP contribution in [-0.2, 0) is 0 Å². The van der Waals surface area contributed by atoms with Gasteiger partial charge in [0.25, 0.3) is 0 Å². The molecular weight excluding hydrogens is 286 g/mol. The van der Waals surface area contributed by atoms with Crippen molar-refractivity contribution in [1.29, 1.82) is 0 Å². The van der Waals surface area contributed by atoms with Crippen molar-refractivity contribution in [3.63, 3.8) is 0 Å². The Morgan fingerprint density at radius 2 is 1.36 bits per heavy atom. The second kappa shape index (κ2) is 13.7. The highest BCUT2D eigenvalue weighted by atomic mass is 32.2. The van der Waals surface area contributed by atoms with Crippen molar-refractivity contribution >= 4 is 11.9 Å². The third-order valence-corrected chi connectivity index (χ3v) is 5.93. The van der Waals surface area contributed by atoms with Crippen molar-refractivity contribution < 1.29 is 0 Å². The molecule has 0 aromatic carbocycles. The Kier molecular flexibility index (Phi) is 13.9. The number of rotatable bonds is 15. The average molecular weight is 330 g/mol. The van der Waals surface area contributed by atoms with E-state index < -0.39 is 0 Å². The first-order chi connectivity index (χ1) is 10.4. The fourth-order valence-corrected chi connectivity index (χ4v) is 3.54. The summed E-state index contributed by atoms with van der Waals surface area (Å²) in [7, 11) is 0. The summed E-state index contributed by atoms with van der Waals surface area (Å²) in [5, 5.41) is 0.697. The summed E-state index contributed by atoms with van der Waals surface area (Å²) < 4.78 is 3.46. The first-order valence-electron chi connectivity index (χ1n) is 9.81. The van der Waals surface area contributed by atoms with Gasteiger partial charge in [-0.3, -0.25) is 4.72 Å². The molecule has 0 saturated carbocycles. The zero-order chi connectivity index (χ0) is 16.8. The quantitative estimate of drug-likeness (QED) is 0.251. The monoisotopic (exact) mass is 329 g/mol. The van der Waals surface area contributed by atoms with Crippen LogP contribution in [0, 0.1) is 11.3 Å². The van der Waals surface area contributed by atoms with E-state index >= 15 is 0 Å². The minimum Gasteiger partial charge on any atom is -0.264 e. The van der Waals surface area contributed by atoms with E-state index in [1.54, 1.807) is 0 Å². The van der Waals surface area contributed by atoms with Crippen LogP contribution < -0.4 is 4.72 Å². The van der Waals surface area contributed by atoms with Crippen molar-refractivity contribution in [2.75, 3.05) is 6.54 Å². The predicted molar refractivity (Wildman–Crippen MR) is 106 cm³/mol. The lowest BCUT2D eigenvalue weighted by Gasteiger charge is -2.34. The summed E-state index contributed by atoms with van der Waals surface area (Å²) in [6, 6.07) is 0. The van der Waals surface area contributed by atoms with Crippen molar-refractivity contribution in [2.45, 2.75) is 111 Å². The van der Waals surface area contributed by atoms with Gasteiger partial charge < -0.3 is 0 Å². The van der Waals surface area contributed by atoms with E-state index in [1.165, 1.54) is 70.8 Å². The molecule has 0 radical (unpaired) electrons. The molecule has 1 unspecified atom stereocenters. The van der Waals surface area contributed by atoms with Crippen LogP contribution in [0.25, 0.3) is 0 Å². The summed E-state index contributed by atoms with van der Waals surface area (Å²) in [6.07, 6.45) is 14.0. The molecule has 0 rings (SSSR count). The van der Waals surface area contributed by atoms with E-state index in [1.807, 2.05) is 11.9 Å². The van der Waals surface area contributed by atoms with Crippen LogP contribution in [0.15, 0.2) is 0 Å². The van der Waals surface area contributed by atoms with Gasteiger partial charge in [0.1, 0.15) is 0 Å². The van der Waals surface area contributed by atoms with Crippen LogP contribution in [0.4, 0.5) is 0 Å². The Balaban J connectivity index is 3.54. The standard InChI is InChI=1S/C20H43NS/c1-7-8-15-20(6,18(2)3)16-13-11-9-10-12-14-17-21-22-19(4)5/h18-19,21H,7-17H2,1-6H3. The van der Waals surface area contributed by atoms with E-state index in [4.69, 9.17) is 0 Å². The van der Waals surface area contributed by atoms with Gasteiger partial charge >= 0.3 is 0 Å². The van der Waals surface area contributed by atoms with E-state index in [0.717, 1.165) is 5.92 Å². The molecule has 0 aromatic heterocycles. The van der Waals surface area contributed by atoms with E-state index in [9.17, 15) is 0 Å². The Hall–Kier alpha value is 0.310. The maximum atomic E-state index is 3.46. The first kappa shape index (κ1) is 22.3. The molecule has 0 fully saturated rings. The molecule has 0 heterocycles. The zero-order valence-electron chi connectivity index (χ0n) is 16.3. The number of nitrogens with one attached hydrogen (secondary N) is 1. The molecule has 134 valence electrons. The minimum atomic E-state index is 0.577. The summed E-state index contributed by atoms with van der Waals surface area (Å²) >= 11 is 1.86. The Labute approximate surface area is 145 Å². The van der Waals surface area contributed by atoms with Gasteiger partial charge in [-0.25, -0.2) is 0 Å². The van der Waals surface area contributed by atoms with Crippen molar-refractivity contribution in [3.05, 3.63) is 0 Å². The van der Waals surface area contributed by atoms with Gasteiger partial charge in [-0.05, 0) is 30.6 Å². The van der Waals surface area contributed by atoms with Gasteiger partial charge in [0.2, 0.25) is 0 Å². The van der Waals surface area contributed by atoms with Crippen LogP contribution in [0.3, 0.4) is 0 Å². The molecule has 0 bridgehead atoms. The molecule has 0 aliphatic carbocycles. The van der Waals surface area contributed by atoms with Crippen molar-refractivity contribution in [3.8, 4) is 0 Å². The lowest BCUT2D eigenvalue weighted by atomic mass is 9.71. The van der Waals surface area contributed by atoms with Crippen molar-refractivity contribution in [1.82, 2.24) is 4.72 Å². The minimum absolute atomic E-state index is 0.577. The van der Waals surface area contributed by atoms with Gasteiger partial charge in [-0.2, -0.15) is 0 Å². The smallest absolute Gasteiger partial charge is 0.0136 e. The number of hydrogen-bond donors (Lipinski definition) is 1. The third-order valence-electron chi connectivity index (χ3n) is 5.09. The summed E-state index contributed by atoms with van der Waals surface area (Å²) in [4.78, 5) is 0. The second-order valence-corrected chi connectivity index (χ2v) is 9.31. The highest BCUT2D eigenvalue weighted by Gasteiger charge is 2.26. The normalized spacial score (nSPS) is 14.7. The highest BCUT2D eigenvalue weighted by Crippen LogP contribution is 2.38. The molecule has 2 heteroatoms. The van der Waals surface area contributed by atoms with Gasteiger partial charge in [0, 0.05) is 11.8 Å². The predicted octanol–water partition coefficient (Wildman–Crippen LogP) is 7.22. The maximum absolute atomic E-state index is 3.46. The van der Waals surface area contributed by atoms with E-state index in [-0.39, 0.29) is 0 Å². The number of hydrogen-bond acceptors (Lipinski definition) is 2. The van der Waals surface area contributed by atoms with Crippen LogP contribution >= 0.6 is 11.9 Å². The largest absolute Gasteiger partial charge is 0.264 e. The van der Waals surface area contributed by atoms with Gasteiger partial charge in [0.05, 0.1) is 0 Å². The highest BCUT2D eigenvalue weighted by molar-refractivity contribution is 7.97. The first-order valence-corrected chi connectivity index (χ1v) is 10.7. The molecule has 0 aliphatic heterocycles. The fraction of sp³-hybridized carbons (Fsp3) is 1.00. The van der Waals surface area contributed by atoms with Crippen LogP contribution in [-0.4, -0.2) is 11.8 Å². The molecule has 0 amide bonds. The molecule has 0 spiro atoms. The average Bonchev–Trinajstić information content (AvgIpc) is 2.46. The Morgan fingerprint density at radius 3 is 1.91 bits per heavy atom. The van der Waals surface area contributed by atoms with Crippen LogP contribution in [0.1, 0.15) is 106 Å². The van der Waals surface area contributed by atoms with Gasteiger partial charge in [-0.15, -0.1) is 0 Å². The molecule has 0 aromatic rings. The SMILES string of the molecule is CCCCC(C)(CCCCCCCCNSC(C)C)C(C)C. The van der Waals surface area contributed by atoms with E-state index in [2.05, 4.69) is 46.3 Å². The topological polar surface area (TPSA) is 12.0 Å². The summed E-state index contributed by atoms with van der Waals surface area (Å²) in [6.45, 7) is 15.3. The van der Waals surface area contributed by atoms with Gasteiger partial charge in [-0.1, -0.05) is 98.4 Å². The fourth-order valence-electron chi connectivity index (χ4n) is 2.94. The van der Waals surface area contributed by atoms with Gasteiger partial charge in [0.15, 0.2) is 0 Å². The Morgan fingerprint density at radius 1 is 0.818 bits per heavy atom. The van der Waals surface area contributed by atoms with E-state index in [0.29, 0.717) is 10.7 Å². The zero-order valence-corrected chi connectivity index (χ0v) is 17.2. The van der Waals surface area contributed by atoms with Crippen LogP contribution in [0.2, 0.25) is 0 Å². The lowest BCUT2D eigenvalue weighted by Crippen LogP contribution is -2.23. The lowest BCUT2D eigenvalue weighted by molar-refractivity contribution is 0.170.